The van der Waals surface area contributed by atoms with Crippen LogP contribution in [0.25, 0.3) is 0 Å². The SMILES string of the molecule is COc1ccc(B2OC(C)(C)C(C)(C)O2)cc1CN(C)C. The molecule has 0 bridgehead atoms. The second-order valence-corrected chi connectivity index (χ2v) is 6.90. The van der Waals surface area contributed by atoms with Gasteiger partial charge >= 0.3 is 7.12 Å². The lowest BCUT2D eigenvalue weighted by molar-refractivity contribution is 0.00578. The number of methoxy groups -OCH3 is 1. The van der Waals surface area contributed by atoms with E-state index in [1.807, 2.05) is 26.2 Å². The highest BCUT2D eigenvalue weighted by Gasteiger charge is 2.51. The molecule has 1 fully saturated rings. The van der Waals surface area contributed by atoms with Gasteiger partial charge in [-0.15, -0.1) is 0 Å². The molecule has 1 aromatic carbocycles. The van der Waals surface area contributed by atoms with Gasteiger partial charge in [-0.25, -0.2) is 0 Å². The van der Waals surface area contributed by atoms with Crippen molar-refractivity contribution in [2.24, 2.45) is 0 Å². The fourth-order valence-corrected chi connectivity index (χ4v) is 2.39. The van der Waals surface area contributed by atoms with Gasteiger partial charge in [0.05, 0.1) is 18.3 Å². The largest absolute Gasteiger partial charge is 0.496 e. The Balaban J connectivity index is 2.30. The zero-order valence-corrected chi connectivity index (χ0v) is 14.2. The van der Waals surface area contributed by atoms with E-state index in [2.05, 4.69) is 38.7 Å². The van der Waals surface area contributed by atoms with E-state index in [1.165, 1.54) is 0 Å². The highest BCUT2D eigenvalue weighted by Crippen LogP contribution is 2.36. The van der Waals surface area contributed by atoms with Gasteiger partial charge in [-0.1, -0.05) is 12.1 Å². The number of hydrogen-bond acceptors (Lipinski definition) is 4. The molecule has 21 heavy (non-hydrogen) atoms. The van der Waals surface area contributed by atoms with Crippen molar-refractivity contribution >= 4 is 12.6 Å². The molecule has 1 aliphatic rings. The zero-order valence-electron chi connectivity index (χ0n) is 14.2. The molecule has 0 spiro atoms. The van der Waals surface area contributed by atoms with Gasteiger partial charge < -0.3 is 18.9 Å². The Kier molecular flexibility index (Phi) is 4.38. The standard InChI is InChI=1S/C16H26BNO3/c1-15(2)16(3,4)21-17(20-15)13-8-9-14(19-7)12(10-13)11-18(5)6/h8-10H,11H2,1-7H3. The van der Waals surface area contributed by atoms with Crippen LogP contribution in [-0.2, 0) is 15.9 Å². The van der Waals surface area contributed by atoms with Crippen LogP contribution in [0.2, 0.25) is 0 Å². The minimum atomic E-state index is -0.332. The molecule has 4 nitrogen and oxygen atoms in total. The summed E-state index contributed by atoms with van der Waals surface area (Å²) in [6.45, 7) is 9.08. The molecule has 5 heteroatoms. The molecular weight excluding hydrogens is 265 g/mol. The van der Waals surface area contributed by atoms with E-state index in [-0.39, 0.29) is 18.3 Å². The van der Waals surface area contributed by atoms with Crippen LogP contribution in [0.1, 0.15) is 33.3 Å². The van der Waals surface area contributed by atoms with Gasteiger partial charge in [-0.2, -0.15) is 0 Å². The average Bonchev–Trinajstić information content (AvgIpc) is 2.57. The summed E-state index contributed by atoms with van der Waals surface area (Å²) in [6.07, 6.45) is 0. The summed E-state index contributed by atoms with van der Waals surface area (Å²) < 4.78 is 17.7. The predicted molar refractivity (Wildman–Crippen MR) is 86.1 cm³/mol. The van der Waals surface area contributed by atoms with Crippen molar-refractivity contribution in [3.05, 3.63) is 23.8 Å². The summed E-state index contributed by atoms with van der Waals surface area (Å²) in [6, 6.07) is 6.11. The van der Waals surface area contributed by atoms with Crippen molar-refractivity contribution in [2.75, 3.05) is 21.2 Å². The minimum absolute atomic E-state index is 0.320. The van der Waals surface area contributed by atoms with Crippen LogP contribution in [-0.4, -0.2) is 44.4 Å². The summed E-state index contributed by atoms with van der Waals surface area (Å²) in [4.78, 5) is 2.12. The Morgan fingerprint density at radius 2 is 1.67 bits per heavy atom. The Hall–Kier alpha value is -1.04. The molecular formula is C16H26BNO3. The number of benzene rings is 1. The van der Waals surface area contributed by atoms with Crippen LogP contribution in [0.5, 0.6) is 5.75 Å². The van der Waals surface area contributed by atoms with Crippen molar-refractivity contribution in [1.29, 1.82) is 0 Å². The van der Waals surface area contributed by atoms with E-state index in [4.69, 9.17) is 14.0 Å². The van der Waals surface area contributed by atoms with Crippen molar-refractivity contribution in [3.63, 3.8) is 0 Å². The summed E-state index contributed by atoms with van der Waals surface area (Å²) in [5.74, 6) is 0.893. The fourth-order valence-electron chi connectivity index (χ4n) is 2.39. The quantitative estimate of drug-likeness (QED) is 0.795. The third-order valence-corrected chi connectivity index (χ3v) is 4.32. The van der Waals surface area contributed by atoms with Gasteiger partial charge in [-0.3, -0.25) is 0 Å². The molecule has 0 unspecified atom stereocenters. The molecule has 0 saturated carbocycles. The van der Waals surface area contributed by atoms with Gasteiger partial charge in [0.2, 0.25) is 0 Å². The van der Waals surface area contributed by atoms with E-state index < -0.39 is 0 Å². The molecule has 1 aromatic rings. The van der Waals surface area contributed by atoms with Crippen LogP contribution in [0, 0.1) is 0 Å². The van der Waals surface area contributed by atoms with Crippen LogP contribution < -0.4 is 10.2 Å². The van der Waals surface area contributed by atoms with Gasteiger partial charge in [0.1, 0.15) is 5.75 Å². The first-order valence-electron chi connectivity index (χ1n) is 7.33. The Morgan fingerprint density at radius 3 is 2.14 bits per heavy atom. The Morgan fingerprint density at radius 1 is 1.10 bits per heavy atom. The van der Waals surface area contributed by atoms with E-state index in [0.29, 0.717) is 0 Å². The summed E-state index contributed by atoms with van der Waals surface area (Å²) in [5, 5.41) is 0. The molecule has 0 aromatic heterocycles. The molecule has 0 amide bonds. The Bertz CT molecular complexity index is 498. The molecule has 0 N–H and O–H groups in total. The molecule has 1 aliphatic heterocycles. The smallest absolute Gasteiger partial charge is 0.494 e. The Labute approximate surface area is 128 Å². The topological polar surface area (TPSA) is 30.9 Å². The molecule has 0 radical (unpaired) electrons. The second-order valence-electron chi connectivity index (χ2n) is 6.90. The van der Waals surface area contributed by atoms with Crippen molar-refractivity contribution in [1.82, 2.24) is 4.90 Å². The third kappa shape index (κ3) is 3.25. The highest BCUT2D eigenvalue weighted by molar-refractivity contribution is 6.62. The van der Waals surface area contributed by atoms with Crippen LogP contribution in [0.15, 0.2) is 18.2 Å². The maximum absolute atomic E-state index is 6.11. The van der Waals surface area contributed by atoms with Crippen molar-refractivity contribution in [2.45, 2.75) is 45.4 Å². The lowest BCUT2D eigenvalue weighted by Gasteiger charge is -2.32. The second kappa shape index (κ2) is 5.63. The van der Waals surface area contributed by atoms with Crippen LogP contribution >= 0.6 is 0 Å². The average molecular weight is 291 g/mol. The number of rotatable bonds is 4. The molecule has 116 valence electrons. The minimum Gasteiger partial charge on any atom is -0.496 e. The summed E-state index contributed by atoms with van der Waals surface area (Å²) >= 11 is 0. The fraction of sp³-hybridized carbons (Fsp3) is 0.625. The van der Waals surface area contributed by atoms with E-state index in [1.54, 1.807) is 7.11 Å². The predicted octanol–water partition coefficient (Wildman–Crippen LogP) is 2.06. The first-order chi connectivity index (χ1) is 9.66. The van der Waals surface area contributed by atoms with Crippen molar-refractivity contribution < 1.29 is 14.0 Å². The normalized spacial score (nSPS) is 20.1. The van der Waals surface area contributed by atoms with Crippen LogP contribution in [0.4, 0.5) is 0 Å². The monoisotopic (exact) mass is 291 g/mol. The maximum Gasteiger partial charge on any atom is 0.494 e. The number of hydrogen-bond donors (Lipinski definition) is 0. The number of nitrogens with zero attached hydrogens (tertiary/aromatic N) is 1. The lowest BCUT2D eigenvalue weighted by atomic mass is 9.78. The summed E-state index contributed by atoms with van der Waals surface area (Å²) in [7, 11) is 5.45. The highest BCUT2D eigenvalue weighted by atomic mass is 16.7. The molecule has 1 heterocycles. The van der Waals surface area contributed by atoms with E-state index in [9.17, 15) is 0 Å². The lowest BCUT2D eigenvalue weighted by Crippen LogP contribution is -2.41. The first-order valence-corrected chi connectivity index (χ1v) is 7.33. The van der Waals surface area contributed by atoms with Crippen LogP contribution in [0.3, 0.4) is 0 Å². The van der Waals surface area contributed by atoms with Gasteiger partial charge in [0.25, 0.3) is 0 Å². The number of ether oxygens (including phenoxy) is 1. The molecule has 1 saturated heterocycles. The molecule has 0 aliphatic carbocycles. The van der Waals surface area contributed by atoms with Gasteiger partial charge in [0.15, 0.2) is 0 Å². The zero-order chi connectivity index (χ0) is 15.8. The van der Waals surface area contributed by atoms with Gasteiger partial charge in [-0.05, 0) is 53.3 Å². The van der Waals surface area contributed by atoms with Gasteiger partial charge in [0, 0.05) is 12.1 Å². The maximum atomic E-state index is 6.11. The first kappa shape index (κ1) is 16.3. The molecule has 0 atom stereocenters. The van der Waals surface area contributed by atoms with E-state index in [0.717, 1.165) is 23.3 Å². The molecule has 2 rings (SSSR count). The van der Waals surface area contributed by atoms with E-state index >= 15 is 0 Å². The van der Waals surface area contributed by atoms with Crippen molar-refractivity contribution in [3.8, 4) is 5.75 Å². The summed E-state index contributed by atoms with van der Waals surface area (Å²) in [5.41, 5.74) is 1.53. The third-order valence-electron chi connectivity index (χ3n) is 4.32.